The molecule has 0 fully saturated rings. The number of halogens is 1. The summed E-state index contributed by atoms with van der Waals surface area (Å²) in [7, 11) is 0. The summed E-state index contributed by atoms with van der Waals surface area (Å²) in [5.41, 5.74) is 0.930. The number of hydrogen-bond donors (Lipinski definition) is 1. The summed E-state index contributed by atoms with van der Waals surface area (Å²) in [5.74, 6) is 0. The quantitative estimate of drug-likeness (QED) is 0.606. The van der Waals surface area contributed by atoms with Gasteiger partial charge in [0.15, 0.2) is 0 Å². The monoisotopic (exact) mass is 157 g/mol. The molecule has 1 aliphatic rings. The number of carbonyl (C=O) groups is 1. The van der Waals surface area contributed by atoms with Crippen LogP contribution in [-0.2, 0) is 4.79 Å². The fourth-order valence-corrected chi connectivity index (χ4v) is 0.965. The third kappa shape index (κ3) is 1.88. The molecule has 1 aliphatic carbocycles. The van der Waals surface area contributed by atoms with Gasteiger partial charge < -0.3 is 5.32 Å². The van der Waals surface area contributed by atoms with Crippen molar-refractivity contribution in [2.24, 2.45) is 0 Å². The standard InChI is InChI=1S/C7H8ClNO/c8-6-1-3-7(4-2-6)9-5-10/h1,3,5H,2,4H2,(H,9,10). The van der Waals surface area contributed by atoms with Gasteiger partial charge in [-0.25, -0.2) is 0 Å². The molecular formula is C7H8ClNO. The van der Waals surface area contributed by atoms with Gasteiger partial charge in [0.2, 0.25) is 6.41 Å². The van der Waals surface area contributed by atoms with E-state index in [0.29, 0.717) is 6.41 Å². The van der Waals surface area contributed by atoms with Crippen molar-refractivity contribution in [2.75, 3.05) is 0 Å². The second kappa shape index (κ2) is 3.42. The van der Waals surface area contributed by atoms with E-state index in [4.69, 9.17) is 11.6 Å². The van der Waals surface area contributed by atoms with Gasteiger partial charge in [0.05, 0.1) is 0 Å². The molecule has 0 heterocycles. The van der Waals surface area contributed by atoms with Crippen molar-refractivity contribution in [2.45, 2.75) is 12.8 Å². The first kappa shape index (κ1) is 7.35. The molecule has 10 heavy (non-hydrogen) atoms. The maximum Gasteiger partial charge on any atom is 0.211 e. The van der Waals surface area contributed by atoms with E-state index >= 15 is 0 Å². The summed E-state index contributed by atoms with van der Waals surface area (Å²) in [6.07, 6.45) is 5.96. The van der Waals surface area contributed by atoms with E-state index in [1.807, 2.05) is 6.08 Å². The van der Waals surface area contributed by atoms with Crippen LogP contribution in [0.15, 0.2) is 22.9 Å². The Labute approximate surface area is 64.6 Å². The fourth-order valence-electron chi connectivity index (χ4n) is 0.808. The third-order valence-electron chi connectivity index (χ3n) is 1.34. The lowest BCUT2D eigenvalue weighted by atomic mass is 10.1. The summed E-state index contributed by atoms with van der Waals surface area (Å²) in [6, 6.07) is 0. The molecule has 1 N–H and O–H groups in total. The Morgan fingerprint density at radius 1 is 1.50 bits per heavy atom. The molecule has 0 aliphatic heterocycles. The van der Waals surface area contributed by atoms with Crippen LogP contribution in [0.1, 0.15) is 12.8 Å². The van der Waals surface area contributed by atoms with Crippen LogP contribution >= 0.6 is 11.6 Å². The van der Waals surface area contributed by atoms with Crippen LogP contribution in [0, 0.1) is 0 Å². The topological polar surface area (TPSA) is 29.1 Å². The molecule has 2 nitrogen and oxygen atoms in total. The number of nitrogens with one attached hydrogen (secondary N) is 1. The van der Waals surface area contributed by atoms with Gasteiger partial charge in [0.25, 0.3) is 0 Å². The van der Waals surface area contributed by atoms with E-state index in [-0.39, 0.29) is 0 Å². The molecule has 0 aromatic heterocycles. The van der Waals surface area contributed by atoms with E-state index in [0.717, 1.165) is 23.6 Å². The van der Waals surface area contributed by atoms with Crippen molar-refractivity contribution in [1.29, 1.82) is 0 Å². The molecule has 0 aromatic rings. The van der Waals surface area contributed by atoms with Crippen LogP contribution in [0.4, 0.5) is 0 Å². The van der Waals surface area contributed by atoms with Crippen molar-refractivity contribution in [3.63, 3.8) is 0 Å². The highest BCUT2D eigenvalue weighted by molar-refractivity contribution is 6.29. The minimum Gasteiger partial charge on any atom is -0.332 e. The Morgan fingerprint density at radius 2 is 2.30 bits per heavy atom. The van der Waals surface area contributed by atoms with Crippen molar-refractivity contribution in [3.05, 3.63) is 22.9 Å². The maximum absolute atomic E-state index is 9.95. The second-order valence-corrected chi connectivity index (χ2v) is 2.55. The summed E-state index contributed by atoms with van der Waals surface area (Å²) < 4.78 is 0. The van der Waals surface area contributed by atoms with E-state index in [1.165, 1.54) is 0 Å². The van der Waals surface area contributed by atoms with Crippen LogP contribution < -0.4 is 5.32 Å². The highest BCUT2D eigenvalue weighted by atomic mass is 35.5. The molecule has 0 bridgehead atoms. The normalized spacial score (nSPS) is 17.3. The molecule has 1 amide bonds. The molecule has 54 valence electrons. The van der Waals surface area contributed by atoms with E-state index in [1.54, 1.807) is 6.08 Å². The Bertz CT molecular complexity index is 196. The molecule has 0 saturated carbocycles. The van der Waals surface area contributed by atoms with Crippen molar-refractivity contribution in [1.82, 2.24) is 5.32 Å². The first-order valence-corrected chi connectivity index (χ1v) is 3.46. The smallest absolute Gasteiger partial charge is 0.211 e. The largest absolute Gasteiger partial charge is 0.332 e. The highest BCUT2D eigenvalue weighted by Crippen LogP contribution is 2.18. The SMILES string of the molecule is O=CNC1=CC=C(Cl)CC1. The van der Waals surface area contributed by atoms with E-state index in [9.17, 15) is 4.79 Å². The van der Waals surface area contributed by atoms with Gasteiger partial charge in [-0.2, -0.15) is 0 Å². The zero-order valence-corrected chi connectivity index (χ0v) is 6.19. The lowest BCUT2D eigenvalue weighted by molar-refractivity contribution is -0.109. The Hall–Kier alpha value is -0.760. The predicted octanol–water partition coefficient (Wildman–Crippen LogP) is 1.53. The van der Waals surface area contributed by atoms with Crippen molar-refractivity contribution in [3.8, 4) is 0 Å². The van der Waals surface area contributed by atoms with Gasteiger partial charge in [-0.05, 0) is 25.0 Å². The molecule has 0 atom stereocenters. The lowest BCUT2D eigenvalue weighted by Crippen LogP contribution is -2.11. The van der Waals surface area contributed by atoms with Gasteiger partial charge >= 0.3 is 0 Å². The minimum atomic E-state index is 0.679. The van der Waals surface area contributed by atoms with E-state index < -0.39 is 0 Å². The number of rotatable bonds is 2. The Balaban J connectivity index is 2.55. The van der Waals surface area contributed by atoms with Crippen LogP contribution in [0.5, 0.6) is 0 Å². The average Bonchev–Trinajstić information content (AvgIpc) is 1.95. The van der Waals surface area contributed by atoms with Crippen LogP contribution in [-0.4, -0.2) is 6.41 Å². The van der Waals surface area contributed by atoms with Crippen molar-refractivity contribution < 1.29 is 4.79 Å². The van der Waals surface area contributed by atoms with Crippen LogP contribution in [0.25, 0.3) is 0 Å². The Kier molecular flexibility index (Phi) is 2.51. The first-order chi connectivity index (χ1) is 4.83. The summed E-state index contributed by atoms with van der Waals surface area (Å²) in [6.45, 7) is 0. The summed E-state index contributed by atoms with van der Waals surface area (Å²) in [4.78, 5) is 9.95. The van der Waals surface area contributed by atoms with E-state index in [2.05, 4.69) is 5.32 Å². The number of carbonyl (C=O) groups excluding carboxylic acids is 1. The molecule has 0 spiro atoms. The van der Waals surface area contributed by atoms with Gasteiger partial charge in [-0.1, -0.05) is 11.6 Å². The molecule has 0 radical (unpaired) electrons. The molecule has 0 saturated heterocycles. The zero-order chi connectivity index (χ0) is 7.40. The highest BCUT2D eigenvalue weighted by Gasteiger charge is 2.01. The predicted molar refractivity (Wildman–Crippen MR) is 40.5 cm³/mol. The number of allylic oxidation sites excluding steroid dienone is 4. The van der Waals surface area contributed by atoms with Gasteiger partial charge in [-0.3, -0.25) is 4.79 Å². The van der Waals surface area contributed by atoms with Gasteiger partial charge in [-0.15, -0.1) is 0 Å². The summed E-state index contributed by atoms with van der Waals surface area (Å²) >= 11 is 5.68. The third-order valence-corrected chi connectivity index (χ3v) is 1.66. The lowest BCUT2D eigenvalue weighted by Gasteiger charge is -2.08. The number of hydrogen-bond acceptors (Lipinski definition) is 1. The first-order valence-electron chi connectivity index (χ1n) is 3.08. The minimum absolute atomic E-state index is 0.679. The second-order valence-electron chi connectivity index (χ2n) is 2.07. The molecular weight excluding hydrogens is 150 g/mol. The molecule has 0 aromatic carbocycles. The number of amides is 1. The van der Waals surface area contributed by atoms with Gasteiger partial charge in [0, 0.05) is 10.7 Å². The van der Waals surface area contributed by atoms with Gasteiger partial charge in [0.1, 0.15) is 0 Å². The molecule has 1 rings (SSSR count). The summed E-state index contributed by atoms with van der Waals surface area (Å²) in [5, 5.41) is 3.43. The zero-order valence-electron chi connectivity index (χ0n) is 5.43. The fraction of sp³-hybridized carbons (Fsp3) is 0.286. The maximum atomic E-state index is 9.95. The van der Waals surface area contributed by atoms with Crippen LogP contribution in [0.3, 0.4) is 0 Å². The van der Waals surface area contributed by atoms with Crippen molar-refractivity contribution >= 4 is 18.0 Å². The average molecular weight is 158 g/mol. The van der Waals surface area contributed by atoms with Crippen LogP contribution in [0.2, 0.25) is 0 Å². The molecule has 3 heteroatoms. The Morgan fingerprint density at radius 3 is 2.80 bits per heavy atom. The molecule has 0 unspecified atom stereocenters.